The highest BCUT2D eigenvalue weighted by Gasteiger charge is 2.14. The second-order valence-electron chi connectivity index (χ2n) is 7.24. The molecule has 0 unspecified atom stereocenters. The van der Waals surface area contributed by atoms with E-state index in [1.54, 1.807) is 6.21 Å². The Bertz CT molecular complexity index is 1250. The number of fused-ring (bicyclic) bond motifs is 1. The number of imidazole rings is 1. The van der Waals surface area contributed by atoms with E-state index in [0.29, 0.717) is 11.6 Å². The average molecular weight is 463 g/mol. The topological polar surface area (TPSA) is 59.3 Å². The third-order valence-electron chi connectivity index (χ3n) is 5.03. The second kappa shape index (κ2) is 10.5. The average Bonchev–Trinajstić information content (AvgIpc) is 3.17. The number of carbonyl (C=O) groups excluding carboxylic acids is 1. The Hall–Kier alpha value is -3.09. The number of carbonyl (C=O) groups is 1. The van der Waals surface area contributed by atoms with Crippen molar-refractivity contribution in [3.8, 4) is 0 Å². The smallest absolute Gasteiger partial charge is 0.250 e. The Kier molecular flexibility index (Phi) is 7.24. The zero-order valence-electron chi connectivity index (χ0n) is 17.7. The zero-order valence-corrected chi connectivity index (χ0v) is 19.2. The maximum atomic E-state index is 12.3. The highest BCUT2D eigenvalue weighted by molar-refractivity contribution is 7.99. The van der Waals surface area contributed by atoms with Crippen molar-refractivity contribution in [3.05, 3.63) is 94.5 Å². The monoisotopic (exact) mass is 462 g/mol. The summed E-state index contributed by atoms with van der Waals surface area (Å²) < 4.78 is 2.09. The summed E-state index contributed by atoms with van der Waals surface area (Å²) >= 11 is 7.76. The summed E-state index contributed by atoms with van der Waals surface area (Å²) in [6.07, 6.45) is 2.64. The molecule has 0 atom stereocenters. The van der Waals surface area contributed by atoms with Crippen LogP contribution >= 0.6 is 23.4 Å². The minimum atomic E-state index is -0.187. The van der Waals surface area contributed by atoms with Crippen LogP contribution in [0.2, 0.25) is 5.02 Å². The summed E-state index contributed by atoms with van der Waals surface area (Å²) in [4.78, 5) is 17.1. The Balaban J connectivity index is 1.43. The number of amides is 1. The lowest BCUT2D eigenvalue weighted by molar-refractivity contribution is -0.118. The van der Waals surface area contributed by atoms with Crippen LogP contribution < -0.4 is 5.43 Å². The van der Waals surface area contributed by atoms with E-state index >= 15 is 0 Å². The third kappa shape index (κ3) is 5.39. The van der Waals surface area contributed by atoms with E-state index in [2.05, 4.69) is 34.2 Å². The first-order valence-corrected chi connectivity index (χ1v) is 11.7. The van der Waals surface area contributed by atoms with Crippen LogP contribution in [0.3, 0.4) is 0 Å². The number of aromatic nitrogens is 2. The van der Waals surface area contributed by atoms with Crippen LogP contribution in [0.1, 0.15) is 23.6 Å². The van der Waals surface area contributed by atoms with Crippen LogP contribution in [-0.2, 0) is 17.8 Å². The van der Waals surface area contributed by atoms with E-state index in [1.165, 1.54) is 17.3 Å². The number of rotatable bonds is 8. The number of hydrogen-bond donors (Lipinski definition) is 1. The van der Waals surface area contributed by atoms with Crippen molar-refractivity contribution in [3.63, 3.8) is 0 Å². The van der Waals surface area contributed by atoms with E-state index in [1.807, 2.05) is 60.7 Å². The molecule has 0 bridgehead atoms. The SMILES string of the molecule is CCc1ccc(/C=N/NC(=O)CSc2nc3ccccc3n2Cc2ccccc2Cl)cc1. The molecule has 0 aliphatic rings. The summed E-state index contributed by atoms with van der Waals surface area (Å²) in [7, 11) is 0. The van der Waals surface area contributed by atoms with Gasteiger partial charge in [-0.15, -0.1) is 0 Å². The first kappa shape index (κ1) is 22.1. The van der Waals surface area contributed by atoms with Gasteiger partial charge >= 0.3 is 0 Å². The molecular formula is C25H23ClN4OS. The number of thioether (sulfide) groups is 1. The molecule has 4 rings (SSSR count). The molecule has 0 saturated carbocycles. The van der Waals surface area contributed by atoms with Crippen LogP contribution in [-0.4, -0.2) is 27.4 Å². The van der Waals surface area contributed by atoms with E-state index in [0.717, 1.165) is 33.7 Å². The fourth-order valence-corrected chi connectivity index (χ4v) is 4.30. The van der Waals surface area contributed by atoms with Gasteiger partial charge in [0.2, 0.25) is 0 Å². The van der Waals surface area contributed by atoms with Gasteiger partial charge in [0.1, 0.15) is 0 Å². The molecule has 0 aliphatic carbocycles. The summed E-state index contributed by atoms with van der Waals surface area (Å²) in [6.45, 7) is 2.69. The van der Waals surface area contributed by atoms with Crippen LogP contribution in [0, 0.1) is 0 Å². The zero-order chi connectivity index (χ0) is 22.3. The summed E-state index contributed by atoms with van der Waals surface area (Å²) in [5.74, 6) is 0.0191. The van der Waals surface area contributed by atoms with Gasteiger partial charge in [0.15, 0.2) is 5.16 Å². The molecule has 1 N–H and O–H groups in total. The molecular weight excluding hydrogens is 440 g/mol. The summed E-state index contributed by atoms with van der Waals surface area (Å²) in [5, 5.41) is 5.54. The lowest BCUT2D eigenvalue weighted by atomic mass is 10.1. The lowest BCUT2D eigenvalue weighted by Gasteiger charge is -2.10. The maximum absolute atomic E-state index is 12.3. The summed E-state index contributed by atoms with van der Waals surface area (Å²) in [6, 6.07) is 23.8. The highest BCUT2D eigenvalue weighted by atomic mass is 35.5. The standard InChI is InChI=1S/C25H23ClN4OS/c1-2-18-11-13-19(14-12-18)15-27-29-24(31)17-32-25-28-22-9-5-6-10-23(22)30(25)16-20-7-3-4-8-21(20)26/h3-15H,2,16-17H2,1H3,(H,29,31)/b27-15+. The molecule has 1 amide bonds. The summed E-state index contributed by atoms with van der Waals surface area (Å²) in [5.41, 5.74) is 7.69. The van der Waals surface area contributed by atoms with Gasteiger partial charge in [0.25, 0.3) is 5.91 Å². The van der Waals surface area contributed by atoms with Crippen molar-refractivity contribution in [1.82, 2.24) is 15.0 Å². The van der Waals surface area contributed by atoms with E-state index < -0.39 is 0 Å². The van der Waals surface area contributed by atoms with E-state index in [9.17, 15) is 4.79 Å². The van der Waals surface area contributed by atoms with Crippen molar-refractivity contribution in [1.29, 1.82) is 0 Å². The molecule has 3 aromatic carbocycles. The van der Waals surface area contributed by atoms with Gasteiger partial charge in [0, 0.05) is 5.02 Å². The first-order valence-electron chi connectivity index (χ1n) is 10.4. The maximum Gasteiger partial charge on any atom is 0.250 e. The molecule has 32 heavy (non-hydrogen) atoms. The predicted octanol–water partition coefficient (Wildman–Crippen LogP) is 5.54. The molecule has 0 spiro atoms. The van der Waals surface area contributed by atoms with Crippen molar-refractivity contribution in [2.75, 3.05) is 5.75 Å². The minimum Gasteiger partial charge on any atom is -0.314 e. The molecule has 1 heterocycles. The number of aryl methyl sites for hydroxylation is 1. The molecule has 5 nitrogen and oxygen atoms in total. The Labute approximate surface area is 196 Å². The van der Waals surface area contributed by atoms with Gasteiger partial charge in [-0.25, -0.2) is 10.4 Å². The molecule has 0 fully saturated rings. The van der Waals surface area contributed by atoms with E-state index in [4.69, 9.17) is 16.6 Å². The van der Waals surface area contributed by atoms with Gasteiger partial charge in [-0.2, -0.15) is 5.10 Å². The number of hydrazone groups is 1. The van der Waals surface area contributed by atoms with Crippen molar-refractivity contribution in [2.45, 2.75) is 25.0 Å². The Morgan fingerprint density at radius 1 is 1.09 bits per heavy atom. The van der Waals surface area contributed by atoms with Crippen LogP contribution in [0.15, 0.2) is 83.1 Å². The molecule has 162 valence electrons. The number of nitrogens with zero attached hydrogens (tertiary/aromatic N) is 3. The lowest BCUT2D eigenvalue weighted by Crippen LogP contribution is -2.20. The second-order valence-corrected chi connectivity index (χ2v) is 8.59. The number of halogens is 1. The number of hydrogen-bond acceptors (Lipinski definition) is 4. The van der Waals surface area contributed by atoms with Crippen LogP contribution in [0.5, 0.6) is 0 Å². The molecule has 0 radical (unpaired) electrons. The Morgan fingerprint density at radius 2 is 1.84 bits per heavy atom. The van der Waals surface area contributed by atoms with Crippen molar-refractivity contribution < 1.29 is 4.79 Å². The van der Waals surface area contributed by atoms with Crippen LogP contribution in [0.4, 0.5) is 0 Å². The fraction of sp³-hybridized carbons (Fsp3) is 0.160. The quantitative estimate of drug-likeness (QED) is 0.212. The van der Waals surface area contributed by atoms with E-state index in [-0.39, 0.29) is 11.7 Å². The molecule has 7 heteroatoms. The minimum absolute atomic E-state index is 0.187. The highest BCUT2D eigenvalue weighted by Crippen LogP contribution is 2.27. The van der Waals surface area contributed by atoms with Crippen molar-refractivity contribution >= 4 is 46.5 Å². The van der Waals surface area contributed by atoms with Crippen LogP contribution in [0.25, 0.3) is 11.0 Å². The van der Waals surface area contributed by atoms with Gasteiger partial charge in [-0.1, -0.05) is 84.9 Å². The van der Waals surface area contributed by atoms with Gasteiger partial charge < -0.3 is 4.57 Å². The number of benzene rings is 3. The first-order chi connectivity index (χ1) is 15.6. The third-order valence-corrected chi connectivity index (χ3v) is 6.37. The van der Waals surface area contributed by atoms with Gasteiger partial charge in [-0.3, -0.25) is 4.79 Å². The normalized spacial score (nSPS) is 11.3. The van der Waals surface area contributed by atoms with Gasteiger partial charge in [-0.05, 0) is 41.3 Å². The molecule has 1 aromatic heterocycles. The number of nitrogens with one attached hydrogen (secondary N) is 1. The Morgan fingerprint density at radius 3 is 2.62 bits per heavy atom. The predicted molar refractivity (Wildman–Crippen MR) is 133 cm³/mol. The fourth-order valence-electron chi connectivity index (χ4n) is 3.29. The largest absolute Gasteiger partial charge is 0.314 e. The van der Waals surface area contributed by atoms with Crippen molar-refractivity contribution in [2.24, 2.45) is 5.10 Å². The molecule has 0 aliphatic heterocycles. The number of para-hydroxylation sites is 2. The molecule has 0 saturated heterocycles. The molecule has 4 aromatic rings. The van der Waals surface area contributed by atoms with Gasteiger partial charge in [0.05, 0.1) is 29.5 Å².